The largest absolute Gasteiger partial charge is 0.435 e. The Morgan fingerprint density at radius 3 is 1.56 bits per heavy atom. The summed E-state index contributed by atoms with van der Waals surface area (Å²) in [5.41, 5.74) is -4.57. The summed E-state index contributed by atoms with van der Waals surface area (Å²) in [4.78, 5) is 3.14. The standard InChI is InChI=1S/C10H12F6N2/c1-8(2,3)7-17-5(9(11,12)13)6(18(7)4)10(14,15)16/h1-4H3. The number of hydrogen-bond donors (Lipinski definition) is 0. The van der Waals surface area contributed by atoms with Crippen molar-refractivity contribution in [3.63, 3.8) is 0 Å². The zero-order chi connectivity index (χ0) is 14.5. The molecule has 1 heterocycles. The second-order valence-corrected chi connectivity index (χ2v) is 4.94. The van der Waals surface area contributed by atoms with Gasteiger partial charge in [-0.3, -0.25) is 0 Å². The van der Waals surface area contributed by atoms with Gasteiger partial charge in [0.2, 0.25) is 0 Å². The Morgan fingerprint density at radius 1 is 0.889 bits per heavy atom. The highest BCUT2D eigenvalue weighted by Crippen LogP contribution is 2.41. The van der Waals surface area contributed by atoms with Crippen LogP contribution in [0.4, 0.5) is 26.3 Å². The minimum atomic E-state index is -5.13. The Labute approximate surface area is 99.6 Å². The van der Waals surface area contributed by atoms with E-state index >= 15 is 0 Å². The minimum Gasteiger partial charge on any atom is -0.327 e. The number of nitrogens with zero attached hydrogens (tertiary/aromatic N) is 2. The van der Waals surface area contributed by atoms with E-state index in [4.69, 9.17) is 0 Å². The highest BCUT2D eigenvalue weighted by Gasteiger charge is 2.49. The molecule has 0 fully saturated rings. The summed E-state index contributed by atoms with van der Waals surface area (Å²) in [6, 6.07) is 0. The molecule has 0 N–H and O–H groups in total. The molecule has 0 unspecified atom stereocenters. The summed E-state index contributed by atoms with van der Waals surface area (Å²) in [6.07, 6.45) is -10.2. The molecule has 0 aliphatic carbocycles. The van der Waals surface area contributed by atoms with Crippen molar-refractivity contribution < 1.29 is 26.3 Å². The van der Waals surface area contributed by atoms with Crippen LogP contribution >= 0.6 is 0 Å². The molecule has 0 saturated heterocycles. The first-order chi connectivity index (χ1) is 7.76. The van der Waals surface area contributed by atoms with E-state index in [9.17, 15) is 26.3 Å². The van der Waals surface area contributed by atoms with Crippen LogP contribution in [0.25, 0.3) is 0 Å². The molecule has 0 aromatic carbocycles. The molecular weight excluding hydrogens is 262 g/mol. The predicted molar refractivity (Wildman–Crippen MR) is 51.9 cm³/mol. The lowest BCUT2D eigenvalue weighted by molar-refractivity contribution is -0.167. The molecule has 0 amide bonds. The lowest BCUT2D eigenvalue weighted by atomic mass is 9.96. The number of aromatic nitrogens is 2. The average Bonchev–Trinajstić information content (AvgIpc) is 2.39. The van der Waals surface area contributed by atoms with Crippen molar-refractivity contribution in [2.45, 2.75) is 38.5 Å². The molecule has 0 aliphatic rings. The molecule has 8 heteroatoms. The summed E-state index contributed by atoms with van der Waals surface area (Å²) >= 11 is 0. The molecule has 2 nitrogen and oxygen atoms in total. The Kier molecular flexibility index (Phi) is 3.21. The molecule has 1 aromatic heterocycles. The Balaban J connectivity index is 3.63. The number of rotatable bonds is 0. The van der Waals surface area contributed by atoms with Crippen molar-refractivity contribution in [3.05, 3.63) is 17.2 Å². The van der Waals surface area contributed by atoms with Crippen LogP contribution in [0.3, 0.4) is 0 Å². The Morgan fingerprint density at radius 2 is 1.33 bits per heavy atom. The molecule has 1 rings (SSSR count). The second kappa shape index (κ2) is 3.89. The third kappa shape index (κ3) is 2.62. The van der Waals surface area contributed by atoms with Crippen molar-refractivity contribution in [2.75, 3.05) is 0 Å². The van der Waals surface area contributed by atoms with Gasteiger partial charge in [-0.25, -0.2) is 4.98 Å². The topological polar surface area (TPSA) is 17.8 Å². The molecule has 0 bridgehead atoms. The Bertz CT molecular complexity index is 447. The number of hydrogen-bond acceptors (Lipinski definition) is 1. The molecule has 0 atom stereocenters. The van der Waals surface area contributed by atoms with Gasteiger partial charge in [-0.2, -0.15) is 26.3 Å². The fraction of sp³-hybridized carbons (Fsp3) is 0.700. The van der Waals surface area contributed by atoms with E-state index in [1.54, 1.807) is 0 Å². The van der Waals surface area contributed by atoms with Crippen LogP contribution in [-0.4, -0.2) is 9.55 Å². The van der Waals surface area contributed by atoms with Crippen LogP contribution in [-0.2, 0) is 24.8 Å². The van der Waals surface area contributed by atoms with Gasteiger partial charge in [-0.15, -0.1) is 0 Å². The number of alkyl halides is 6. The third-order valence-corrected chi connectivity index (χ3v) is 2.30. The van der Waals surface area contributed by atoms with E-state index in [0.717, 1.165) is 7.05 Å². The van der Waals surface area contributed by atoms with Gasteiger partial charge >= 0.3 is 12.4 Å². The van der Waals surface area contributed by atoms with Crippen molar-refractivity contribution >= 4 is 0 Å². The first-order valence-corrected chi connectivity index (χ1v) is 4.98. The molecule has 18 heavy (non-hydrogen) atoms. The summed E-state index contributed by atoms with van der Waals surface area (Å²) in [5.74, 6) is -0.262. The quantitative estimate of drug-likeness (QED) is 0.659. The SMILES string of the molecule is Cn1c(C(C)(C)C)nc(C(F)(F)F)c1C(F)(F)F. The monoisotopic (exact) mass is 274 g/mol. The van der Waals surface area contributed by atoms with Gasteiger partial charge in [0, 0.05) is 12.5 Å². The molecule has 0 spiro atoms. The average molecular weight is 274 g/mol. The van der Waals surface area contributed by atoms with Gasteiger partial charge in [0.15, 0.2) is 11.4 Å². The fourth-order valence-electron chi connectivity index (χ4n) is 1.69. The summed E-state index contributed by atoms with van der Waals surface area (Å²) in [7, 11) is 0.936. The van der Waals surface area contributed by atoms with E-state index in [1.165, 1.54) is 20.8 Å². The molecule has 0 radical (unpaired) electrons. The van der Waals surface area contributed by atoms with Gasteiger partial charge in [0.05, 0.1) is 0 Å². The van der Waals surface area contributed by atoms with Crippen LogP contribution in [0.15, 0.2) is 0 Å². The lowest BCUT2D eigenvalue weighted by Gasteiger charge is -2.18. The van der Waals surface area contributed by atoms with E-state index < -0.39 is 29.2 Å². The molecular formula is C10H12F6N2. The number of halogens is 6. The normalized spacial score (nSPS) is 14.1. The minimum absolute atomic E-state index is 0.262. The first kappa shape index (κ1) is 14.8. The molecule has 1 aromatic rings. The van der Waals surface area contributed by atoms with Crippen LogP contribution in [0, 0.1) is 0 Å². The Hall–Kier alpha value is -1.21. The zero-order valence-corrected chi connectivity index (χ0v) is 10.2. The van der Waals surface area contributed by atoms with Crippen LogP contribution in [0.1, 0.15) is 38.0 Å². The van der Waals surface area contributed by atoms with Crippen molar-refractivity contribution in [1.82, 2.24) is 9.55 Å². The van der Waals surface area contributed by atoms with Crippen LogP contribution in [0.2, 0.25) is 0 Å². The lowest BCUT2D eigenvalue weighted by Crippen LogP contribution is -2.21. The number of imidazole rings is 1. The van der Waals surface area contributed by atoms with Gasteiger partial charge in [-0.1, -0.05) is 20.8 Å². The smallest absolute Gasteiger partial charge is 0.327 e. The maximum atomic E-state index is 12.7. The van der Waals surface area contributed by atoms with Gasteiger partial charge in [-0.05, 0) is 0 Å². The van der Waals surface area contributed by atoms with Crippen LogP contribution < -0.4 is 0 Å². The predicted octanol–water partition coefficient (Wildman–Crippen LogP) is 3.76. The molecule has 104 valence electrons. The van der Waals surface area contributed by atoms with Gasteiger partial charge < -0.3 is 4.57 Å². The van der Waals surface area contributed by atoms with Crippen molar-refractivity contribution in [1.29, 1.82) is 0 Å². The van der Waals surface area contributed by atoms with Crippen LogP contribution in [0.5, 0.6) is 0 Å². The van der Waals surface area contributed by atoms with E-state index in [2.05, 4.69) is 4.98 Å². The van der Waals surface area contributed by atoms with Gasteiger partial charge in [0.25, 0.3) is 0 Å². The summed E-state index contributed by atoms with van der Waals surface area (Å²) in [5, 5.41) is 0. The highest BCUT2D eigenvalue weighted by molar-refractivity contribution is 5.25. The molecule has 0 aliphatic heterocycles. The second-order valence-electron chi connectivity index (χ2n) is 4.94. The zero-order valence-electron chi connectivity index (χ0n) is 10.2. The maximum absolute atomic E-state index is 12.7. The van der Waals surface area contributed by atoms with E-state index in [1.807, 2.05) is 0 Å². The van der Waals surface area contributed by atoms with Crippen molar-refractivity contribution in [3.8, 4) is 0 Å². The fourth-order valence-corrected chi connectivity index (χ4v) is 1.69. The third-order valence-electron chi connectivity index (χ3n) is 2.30. The molecule has 0 saturated carbocycles. The highest BCUT2D eigenvalue weighted by atomic mass is 19.4. The van der Waals surface area contributed by atoms with E-state index in [-0.39, 0.29) is 5.82 Å². The summed E-state index contributed by atoms with van der Waals surface area (Å²) < 4.78 is 76.3. The van der Waals surface area contributed by atoms with E-state index in [0.29, 0.717) is 4.57 Å². The first-order valence-electron chi connectivity index (χ1n) is 4.98. The van der Waals surface area contributed by atoms with Crippen molar-refractivity contribution in [2.24, 2.45) is 7.05 Å². The van der Waals surface area contributed by atoms with Gasteiger partial charge in [0.1, 0.15) is 5.82 Å². The maximum Gasteiger partial charge on any atom is 0.435 e. The summed E-state index contributed by atoms with van der Waals surface area (Å²) in [6.45, 7) is 4.49.